The number of rotatable bonds is 2. The van der Waals surface area contributed by atoms with Crippen molar-refractivity contribution in [2.24, 2.45) is 0 Å². The lowest BCUT2D eigenvalue weighted by atomic mass is 9.97. The summed E-state index contributed by atoms with van der Waals surface area (Å²) in [5.74, 6) is -0.150. The Kier molecular flexibility index (Phi) is 3.01. The maximum absolute atomic E-state index is 9.74. The summed E-state index contributed by atoms with van der Waals surface area (Å²) < 4.78 is 0. The average molecular weight is 228 g/mol. The minimum absolute atomic E-state index is 0.0749. The molecule has 0 aliphatic rings. The molecule has 2 aromatic carbocycles. The molecular formula is C14H12O3. The highest BCUT2D eigenvalue weighted by Gasteiger charge is 2.14. The van der Waals surface area contributed by atoms with E-state index in [2.05, 4.69) is 0 Å². The third-order valence-corrected chi connectivity index (χ3v) is 2.50. The van der Waals surface area contributed by atoms with Gasteiger partial charge in [0.25, 0.3) is 0 Å². The van der Waals surface area contributed by atoms with Gasteiger partial charge in [0.2, 0.25) is 0 Å². The summed E-state index contributed by atoms with van der Waals surface area (Å²) in [6, 6.07) is 13.5. The van der Waals surface area contributed by atoms with Crippen molar-refractivity contribution in [2.75, 3.05) is 0 Å². The topological polar surface area (TPSA) is 60.7 Å². The Balaban J connectivity index is 2.59. The second-order valence-corrected chi connectivity index (χ2v) is 3.58. The second-order valence-electron chi connectivity index (χ2n) is 3.58. The van der Waals surface area contributed by atoms with Crippen molar-refractivity contribution in [3.05, 3.63) is 65.9 Å². The van der Waals surface area contributed by atoms with E-state index in [1.165, 1.54) is 18.2 Å². The lowest BCUT2D eigenvalue weighted by Gasteiger charge is -2.10. The fourth-order valence-corrected chi connectivity index (χ4v) is 1.71. The Morgan fingerprint density at radius 1 is 0.824 bits per heavy atom. The molecule has 86 valence electrons. The molecule has 0 heterocycles. The smallest absolute Gasteiger partial charge is 0.127 e. The normalized spacial score (nSPS) is 11.4. The predicted molar refractivity (Wildman–Crippen MR) is 65.9 cm³/mol. The van der Waals surface area contributed by atoms with Gasteiger partial charge >= 0.3 is 0 Å². The Hall–Kier alpha value is -2.42. The van der Waals surface area contributed by atoms with Gasteiger partial charge in [-0.15, -0.1) is 0 Å². The summed E-state index contributed by atoms with van der Waals surface area (Å²) in [6.45, 7) is 0. The number of phenols is 2. The van der Waals surface area contributed by atoms with Crippen molar-refractivity contribution >= 4 is 5.57 Å². The molecule has 3 nitrogen and oxygen atoms in total. The van der Waals surface area contributed by atoms with Gasteiger partial charge in [0.1, 0.15) is 11.5 Å². The molecule has 3 N–H and O–H groups in total. The van der Waals surface area contributed by atoms with Crippen LogP contribution in [-0.2, 0) is 0 Å². The summed E-state index contributed by atoms with van der Waals surface area (Å²) in [6.07, 6.45) is 0.879. The molecule has 0 saturated heterocycles. The molecule has 2 rings (SSSR count). The molecule has 17 heavy (non-hydrogen) atoms. The Morgan fingerprint density at radius 2 is 1.41 bits per heavy atom. The molecule has 0 unspecified atom stereocenters. The summed E-state index contributed by atoms with van der Waals surface area (Å²) in [5.41, 5.74) is 1.31. The molecule has 0 atom stereocenters. The SMILES string of the molecule is OC=C(c1ccccc1)c1c(O)cccc1O. The third kappa shape index (κ3) is 2.08. The minimum Gasteiger partial charge on any atom is -0.515 e. The van der Waals surface area contributed by atoms with Crippen LogP contribution in [0.3, 0.4) is 0 Å². The van der Waals surface area contributed by atoms with E-state index in [-0.39, 0.29) is 17.1 Å². The zero-order chi connectivity index (χ0) is 12.3. The predicted octanol–water partition coefficient (Wildman–Crippen LogP) is 3.05. The van der Waals surface area contributed by atoms with Crippen molar-refractivity contribution in [3.8, 4) is 11.5 Å². The van der Waals surface area contributed by atoms with Gasteiger partial charge in [-0.1, -0.05) is 36.4 Å². The fraction of sp³-hybridized carbons (Fsp3) is 0. The van der Waals surface area contributed by atoms with Gasteiger partial charge in [0, 0.05) is 5.57 Å². The van der Waals surface area contributed by atoms with Gasteiger partial charge in [-0.25, -0.2) is 0 Å². The number of aliphatic hydroxyl groups excluding tert-OH is 1. The van der Waals surface area contributed by atoms with Crippen LogP contribution in [0.2, 0.25) is 0 Å². The minimum atomic E-state index is -0.0749. The maximum atomic E-state index is 9.74. The van der Waals surface area contributed by atoms with Crippen LogP contribution in [-0.4, -0.2) is 15.3 Å². The van der Waals surface area contributed by atoms with Crippen molar-refractivity contribution in [1.82, 2.24) is 0 Å². The molecule has 0 aliphatic carbocycles. The van der Waals surface area contributed by atoms with Crippen molar-refractivity contribution in [1.29, 1.82) is 0 Å². The van der Waals surface area contributed by atoms with Crippen LogP contribution in [0.15, 0.2) is 54.8 Å². The molecule has 0 fully saturated rings. The van der Waals surface area contributed by atoms with E-state index in [1.54, 1.807) is 12.1 Å². The quantitative estimate of drug-likeness (QED) is 0.692. The first-order valence-corrected chi connectivity index (χ1v) is 5.15. The molecule has 0 spiro atoms. The van der Waals surface area contributed by atoms with E-state index in [0.717, 1.165) is 6.26 Å². The fourth-order valence-electron chi connectivity index (χ4n) is 1.71. The third-order valence-electron chi connectivity index (χ3n) is 2.50. The zero-order valence-corrected chi connectivity index (χ0v) is 9.04. The van der Waals surface area contributed by atoms with E-state index in [1.807, 2.05) is 18.2 Å². The molecular weight excluding hydrogens is 216 g/mol. The Labute approximate surface area is 98.9 Å². The molecule has 0 amide bonds. The molecule has 0 radical (unpaired) electrons. The van der Waals surface area contributed by atoms with E-state index in [0.29, 0.717) is 11.1 Å². The van der Waals surface area contributed by atoms with E-state index in [9.17, 15) is 15.3 Å². The standard InChI is InChI=1S/C14H12O3/c15-9-11(10-5-2-1-3-6-10)14-12(16)7-4-8-13(14)17/h1-9,15-17H. The van der Waals surface area contributed by atoms with Crippen molar-refractivity contribution < 1.29 is 15.3 Å². The summed E-state index contributed by atoms with van der Waals surface area (Å²) in [5, 5.41) is 28.8. The average Bonchev–Trinajstić information content (AvgIpc) is 2.35. The van der Waals surface area contributed by atoms with Crippen LogP contribution >= 0.6 is 0 Å². The second kappa shape index (κ2) is 4.61. The van der Waals surface area contributed by atoms with Gasteiger partial charge in [-0.2, -0.15) is 0 Å². The van der Waals surface area contributed by atoms with E-state index in [4.69, 9.17) is 0 Å². The highest BCUT2D eigenvalue weighted by molar-refractivity contribution is 5.84. The molecule has 0 aromatic heterocycles. The lowest BCUT2D eigenvalue weighted by molar-refractivity contribution is 0.444. The Bertz CT molecular complexity index is 524. The first-order valence-electron chi connectivity index (χ1n) is 5.15. The summed E-state index contributed by atoms with van der Waals surface area (Å²) >= 11 is 0. The highest BCUT2D eigenvalue weighted by atomic mass is 16.3. The van der Waals surface area contributed by atoms with Crippen molar-refractivity contribution in [2.45, 2.75) is 0 Å². The van der Waals surface area contributed by atoms with E-state index >= 15 is 0 Å². The Morgan fingerprint density at radius 3 is 1.94 bits per heavy atom. The summed E-state index contributed by atoms with van der Waals surface area (Å²) in [7, 11) is 0. The van der Waals surface area contributed by atoms with Crippen LogP contribution in [0.4, 0.5) is 0 Å². The molecule has 0 bridgehead atoms. The molecule has 3 heteroatoms. The number of phenolic OH excluding ortho intramolecular Hbond substituents is 2. The number of hydrogen-bond donors (Lipinski definition) is 3. The number of aromatic hydroxyl groups is 2. The van der Waals surface area contributed by atoms with Gasteiger partial charge < -0.3 is 15.3 Å². The monoisotopic (exact) mass is 228 g/mol. The van der Waals surface area contributed by atoms with Crippen LogP contribution in [0.1, 0.15) is 11.1 Å². The van der Waals surface area contributed by atoms with Crippen molar-refractivity contribution in [3.63, 3.8) is 0 Å². The summed E-state index contributed by atoms with van der Waals surface area (Å²) in [4.78, 5) is 0. The van der Waals surface area contributed by atoms with Gasteiger partial charge in [-0.05, 0) is 17.7 Å². The van der Waals surface area contributed by atoms with Gasteiger partial charge in [-0.3, -0.25) is 0 Å². The number of benzene rings is 2. The first kappa shape index (κ1) is 11.1. The van der Waals surface area contributed by atoms with Crippen LogP contribution in [0.25, 0.3) is 5.57 Å². The van der Waals surface area contributed by atoms with Crippen LogP contribution < -0.4 is 0 Å². The highest BCUT2D eigenvalue weighted by Crippen LogP contribution is 2.36. The molecule has 0 saturated carbocycles. The van der Waals surface area contributed by atoms with Crippen LogP contribution in [0.5, 0.6) is 11.5 Å². The van der Waals surface area contributed by atoms with E-state index < -0.39 is 0 Å². The number of aliphatic hydroxyl groups is 1. The largest absolute Gasteiger partial charge is 0.515 e. The lowest BCUT2D eigenvalue weighted by Crippen LogP contribution is -1.89. The van der Waals surface area contributed by atoms with Gasteiger partial charge in [0.15, 0.2) is 0 Å². The van der Waals surface area contributed by atoms with Crippen LogP contribution in [0, 0.1) is 0 Å². The van der Waals surface area contributed by atoms with Gasteiger partial charge in [0.05, 0.1) is 11.8 Å². The maximum Gasteiger partial charge on any atom is 0.127 e. The zero-order valence-electron chi connectivity index (χ0n) is 9.04. The first-order chi connectivity index (χ1) is 8.24. The molecule has 2 aromatic rings. The number of hydrogen-bond acceptors (Lipinski definition) is 3. The molecule has 0 aliphatic heterocycles.